The number of carbonyl (C=O) groups is 1. The van der Waals surface area contributed by atoms with E-state index >= 15 is 0 Å². The highest BCUT2D eigenvalue weighted by atomic mass is 16.1. The molecule has 0 aliphatic carbocycles. The molecule has 1 unspecified atom stereocenters. The van der Waals surface area contributed by atoms with Gasteiger partial charge >= 0.3 is 0 Å². The van der Waals surface area contributed by atoms with Gasteiger partial charge in [0.05, 0.1) is 5.69 Å². The quantitative estimate of drug-likeness (QED) is 0.680. The van der Waals surface area contributed by atoms with Crippen LogP contribution in [0.25, 0.3) is 0 Å². The average Bonchev–Trinajstić information content (AvgIpc) is 2.66. The summed E-state index contributed by atoms with van der Waals surface area (Å²) in [6.45, 7) is 8.52. The van der Waals surface area contributed by atoms with Crippen molar-refractivity contribution in [1.29, 1.82) is 0 Å². The molecular weight excluding hydrogens is 248 g/mol. The number of hydrogen-bond donors (Lipinski definition) is 0. The highest BCUT2D eigenvalue weighted by molar-refractivity contribution is 5.78. The van der Waals surface area contributed by atoms with Gasteiger partial charge in [-0.3, -0.25) is 9.48 Å². The molecule has 0 aliphatic heterocycles. The first-order chi connectivity index (χ1) is 9.49. The van der Waals surface area contributed by atoms with Crippen molar-refractivity contribution in [2.75, 3.05) is 0 Å². The first-order valence-corrected chi connectivity index (χ1v) is 8.00. The fourth-order valence-electron chi connectivity index (χ4n) is 2.81. The Morgan fingerprint density at radius 2 is 2.00 bits per heavy atom. The summed E-state index contributed by atoms with van der Waals surface area (Å²) in [5.41, 5.74) is 3.51. The Hall–Kier alpha value is -1.12. The van der Waals surface area contributed by atoms with Crippen LogP contribution >= 0.6 is 0 Å². The van der Waals surface area contributed by atoms with E-state index in [2.05, 4.69) is 25.9 Å². The minimum atomic E-state index is 0.413. The Morgan fingerprint density at radius 1 is 1.30 bits per heavy atom. The van der Waals surface area contributed by atoms with E-state index in [1.165, 1.54) is 30.5 Å². The maximum absolute atomic E-state index is 12.2. The Kier molecular flexibility index (Phi) is 6.97. The number of aryl methyl sites for hydroxylation is 2. The zero-order chi connectivity index (χ0) is 15.1. The SMILES string of the molecule is CCCCC(CC)CC(=O)CCc1c(C)nn(C)c1C. The summed E-state index contributed by atoms with van der Waals surface area (Å²) >= 11 is 0. The fourth-order valence-corrected chi connectivity index (χ4v) is 2.81. The highest BCUT2D eigenvalue weighted by Crippen LogP contribution is 2.19. The van der Waals surface area contributed by atoms with E-state index in [-0.39, 0.29) is 0 Å². The van der Waals surface area contributed by atoms with Gasteiger partial charge in [-0.15, -0.1) is 0 Å². The molecule has 0 amide bonds. The second-order valence-corrected chi connectivity index (χ2v) is 5.93. The summed E-state index contributed by atoms with van der Waals surface area (Å²) < 4.78 is 1.91. The highest BCUT2D eigenvalue weighted by Gasteiger charge is 2.14. The van der Waals surface area contributed by atoms with Crippen molar-refractivity contribution in [1.82, 2.24) is 9.78 Å². The molecule has 0 N–H and O–H groups in total. The van der Waals surface area contributed by atoms with Crippen molar-refractivity contribution in [3.05, 3.63) is 17.0 Å². The zero-order valence-electron chi connectivity index (χ0n) is 13.8. The molecule has 114 valence electrons. The molecule has 0 fully saturated rings. The van der Waals surface area contributed by atoms with E-state index in [9.17, 15) is 4.79 Å². The molecule has 20 heavy (non-hydrogen) atoms. The second kappa shape index (κ2) is 8.23. The summed E-state index contributed by atoms with van der Waals surface area (Å²) in [6.07, 6.45) is 7.05. The zero-order valence-corrected chi connectivity index (χ0v) is 13.8. The van der Waals surface area contributed by atoms with Gasteiger partial charge in [0.1, 0.15) is 5.78 Å². The van der Waals surface area contributed by atoms with Crippen LogP contribution in [-0.2, 0) is 18.3 Å². The number of nitrogens with zero attached hydrogens (tertiary/aromatic N) is 2. The molecule has 1 rings (SSSR count). The van der Waals surface area contributed by atoms with Crippen LogP contribution in [0, 0.1) is 19.8 Å². The Labute approximate surface area is 123 Å². The molecule has 3 nitrogen and oxygen atoms in total. The van der Waals surface area contributed by atoms with Gasteiger partial charge in [-0.1, -0.05) is 39.5 Å². The lowest BCUT2D eigenvalue weighted by atomic mass is 9.92. The van der Waals surface area contributed by atoms with E-state index in [0.717, 1.165) is 25.0 Å². The predicted octanol–water partition coefficient (Wildman–Crippen LogP) is 4.15. The topological polar surface area (TPSA) is 34.9 Å². The molecule has 0 aromatic carbocycles. The van der Waals surface area contributed by atoms with Gasteiger partial charge in [0.15, 0.2) is 0 Å². The molecule has 0 spiro atoms. The van der Waals surface area contributed by atoms with E-state index < -0.39 is 0 Å². The third-order valence-corrected chi connectivity index (χ3v) is 4.37. The van der Waals surface area contributed by atoms with Crippen LogP contribution < -0.4 is 0 Å². The van der Waals surface area contributed by atoms with Gasteiger partial charge in [0.25, 0.3) is 0 Å². The van der Waals surface area contributed by atoms with Crippen LogP contribution in [0.15, 0.2) is 0 Å². The fraction of sp³-hybridized carbons (Fsp3) is 0.765. The molecule has 3 heteroatoms. The summed E-state index contributed by atoms with van der Waals surface area (Å²) in [6, 6.07) is 0. The Bertz CT molecular complexity index is 434. The minimum absolute atomic E-state index is 0.413. The molecular formula is C17H30N2O. The minimum Gasteiger partial charge on any atom is -0.300 e. The molecule has 0 saturated carbocycles. The van der Waals surface area contributed by atoms with Gasteiger partial charge in [-0.25, -0.2) is 0 Å². The Balaban J connectivity index is 2.46. The van der Waals surface area contributed by atoms with E-state index in [1.807, 2.05) is 18.7 Å². The number of ketones is 1. The van der Waals surface area contributed by atoms with Crippen molar-refractivity contribution in [3.63, 3.8) is 0 Å². The van der Waals surface area contributed by atoms with E-state index in [4.69, 9.17) is 0 Å². The molecule has 1 heterocycles. The normalized spacial score (nSPS) is 12.7. The summed E-state index contributed by atoms with van der Waals surface area (Å²) in [4.78, 5) is 12.2. The summed E-state index contributed by atoms with van der Waals surface area (Å²) in [5.74, 6) is 0.995. The monoisotopic (exact) mass is 278 g/mol. The second-order valence-electron chi connectivity index (χ2n) is 5.93. The predicted molar refractivity (Wildman–Crippen MR) is 83.9 cm³/mol. The first kappa shape index (κ1) is 16.9. The van der Waals surface area contributed by atoms with Crippen molar-refractivity contribution in [2.45, 2.75) is 72.6 Å². The number of rotatable bonds is 9. The third kappa shape index (κ3) is 4.77. The summed E-state index contributed by atoms with van der Waals surface area (Å²) in [7, 11) is 1.96. The standard InChI is InChI=1S/C17H30N2O/c1-6-8-9-15(7-2)12-16(20)10-11-17-13(3)18-19(5)14(17)4/h15H,6-12H2,1-5H3. The molecule has 0 aliphatic rings. The smallest absolute Gasteiger partial charge is 0.133 e. The van der Waals surface area contributed by atoms with Crippen LogP contribution in [0.4, 0.5) is 0 Å². The average molecular weight is 278 g/mol. The van der Waals surface area contributed by atoms with Gasteiger partial charge < -0.3 is 0 Å². The largest absolute Gasteiger partial charge is 0.300 e. The van der Waals surface area contributed by atoms with E-state index in [0.29, 0.717) is 18.1 Å². The molecule has 0 radical (unpaired) electrons. The van der Waals surface area contributed by atoms with Crippen molar-refractivity contribution < 1.29 is 4.79 Å². The Morgan fingerprint density at radius 3 is 2.50 bits per heavy atom. The van der Waals surface area contributed by atoms with E-state index in [1.54, 1.807) is 0 Å². The molecule has 1 aromatic rings. The lowest BCUT2D eigenvalue weighted by Crippen LogP contribution is -2.09. The van der Waals surface area contributed by atoms with Crippen LogP contribution in [0.3, 0.4) is 0 Å². The number of carbonyl (C=O) groups excluding carboxylic acids is 1. The maximum Gasteiger partial charge on any atom is 0.133 e. The lowest BCUT2D eigenvalue weighted by molar-refractivity contribution is -0.120. The number of aromatic nitrogens is 2. The van der Waals surface area contributed by atoms with Crippen LogP contribution in [0.2, 0.25) is 0 Å². The molecule has 1 atom stereocenters. The lowest BCUT2D eigenvalue weighted by Gasteiger charge is -2.13. The van der Waals surface area contributed by atoms with Crippen LogP contribution in [0.1, 0.15) is 69.3 Å². The third-order valence-electron chi connectivity index (χ3n) is 4.37. The molecule has 0 bridgehead atoms. The van der Waals surface area contributed by atoms with Gasteiger partial charge in [-0.2, -0.15) is 5.10 Å². The van der Waals surface area contributed by atoms with Gasteiger partial charge in [0.2, 0.25) is 0 Å². The number of unbranched alkanes of at least 4 members (excludes halogenated alkanes) is 1. The van der Waals surface area contributed by atoms with Crippen molar-refractivity contribution in [3.8, 4) is 0 Å². The maximum atomic E-state index is 12.2. The molecule has 0 saturated heterocycles. The summed E-state index contributed by atoms with van der Waals surface area (Å²) in [5, 5.41) is 4.41. The van der Waals surface area contributed by atoms with Crippen LogP contribution in [-0.4, -0.2) is 15.6 Å². The van der Waals surface area contributed by atoms with Crippen LogP contribution in [0.5, 0.6) is 0 Å². The number of hydrogen-bond acceptors (Lipinski definition) is 2. The first-order valence-electron chi connectivity index (χ1n) is 8.00. The van der Waals surface area contributed by atoms with Gasteiger partial charge in [0, 0.05) is 25.6 Å². The number of Topliss-reactive ketones (excluding diaryl/α,β-unsaturated/α-hetero) is 1. The van der Waals surface area contributed by atoms with Crippen molar-refractivity contribution >= 4 is 5.78 Å². The molecule has 1 aromatic heterocycles. The van der Waals surface area contributed by atoms with Crippen molar-refractivity contribution in [2.24, 2.45) is 13.0 Å². The van der Waals surface area contributed by atoms with Gasteiger partial charge in [-0.05, 0) is 31.7 Å².